The van der Waals surface area contributed by atoms with Crippen molar-refractivity contribution in [3.05, 3.63) is 0 Å². The van der Waals surface area contributed by atoms with E-state index in [0.29, 0.717) is 6.10 Å². The van der Waals surface area contributed by atoms with Crippen LogP contribution >= 0.6 is 0 Å². The summed E-state index contributed by atoms with van der Waals surface area (Å²) in [4.78, 5) is 0. The average Bonchev–Trinajstić information content (AvgIpc) is 3.10. The number of hydrogen-bond donors (Lipinski definition) is 0. The highest BCUT2D eigenvalue weighted by Gasteiger charge is 2.26. The second kappa shape index (κ2) is 9.00. The lowest BCUT2D eigenvalue weighted by molar-refractivity contribution is -0.0177. The van der Waals surface area contributed by atoms with E-state index in [2.05, 4.69) is 13.8 Å². The van der Waals surface area contributed by atoms with Crippen molar-refractivity contribution in [1.29, 1.82) is 0 Å². The first-order valence-electron chi connectivity index (χ1n) is 7.13. The quantitative estimate of drug-likeness (QED) is 0.389. The van der Waals surface area contributed by atoms with Gasteiger partial charge in [0.2, 0.25) is 0 Å². The number of unbranched alkanes of at least 4 members (excludes halogenated alkanes) is 6. The van der Waals surface area contributed by atoms with E-state index in [1.165, 1.54) is 51.4 Å². The summed E-state index contributed by atoms with van der Waals surface area (Å²) in [5.74, 6) is 0. The molecule has 2 atom stereocenters. The van der Waals surface area contributed by atoms with Crippen molar-refractivity contribution in [3.63, 3.8) is 0 Å². The largest absolute Gasteiger partial charge is 0.347 e. The van der Waals surface area contributed by atoms with E-state index in [4.69, 9.17) is 9.47 Å². The third-order valence-corrected chi connectivity index (χ3v) is 3.23. The maximum absolute atomic E-state index is 5.73. The number of hydrogen-bond acceptors (Lipinski definition) is 2. The summed E-state index contributed by atoms with van der Waals surface area (Å²) in [7, 11) is 0. The molecule has 0 aromatic heterocycles. The molecular weight excluding hydrogens is 200 g/mol. The lowest BCUT2D eigenvalue weighted by Gasteiger charge is -2.13. The summed E-state index contributed by atoms with van der Waals surface area (Å²) in [5.41, 5.74) is 0. The molecule has 0 spiro atoms. The minimum atomic E-state index is 0.134. The van der Waals surface area contributed by atoms with Crippen molar-refractivity contribution in [2.75, 3.05) is 6.61 Å². The van der Waals surface area contributed by atoms with Crippen LogP contribution in [0.3, 0.4) is 0 Å². The van der Waals surface area contributed by atoms with Crippen LogP contribution in [-0.2, 0) is 9.47 Å². The van der Waals surface area contributed by atoms with Crippen LogP contribution in [-0.4, -0.2) is 19.0 Å². The molecule has 2 unspecified atom stereocenters. The Balaban J connectivity index is 1.84. The lowest BCUT2D eigenvalue weighted by Crippen LogP contribution is -2.13. The van der Waals surface area contributed by atoms with Gasteiger partial charge < -0.3 is 9.47 Å². The van der Waals surface area contributed by atoms with Crippen LogP contribution in [0.2, 0.25) is 0 Å². The van der Waals surface area contributed by atoms with Crippen molar-refractivity contribution in [1.82, 2.24) is 0 Å². The first kappa shape index (κ1) is 14.0. The molecule has 0 N–H and O–H groups in total. The number of rotatable bonds is 11. The van der Waals surface area contributed by atoms with Crippen molar-refractivity contribution in [2.24, 2.45) is 0 Å². The Labute approximate surface area is 101 Å². The average molecular weight is 228 g/mol. The van der Waals surface area contributed by atoms with Crippen LogP contribution in [0.15, 0.2) is 0 Å². The van der Waals surface area contributed by atoms with Gasteiger partial charge in [-0.3, -0.25) is 0 Å². The second-order valence-corrected chi connectivity index (χ2v) is 4.84. The Morgan fingerprint density at radius 2 is 1.69 bits per heavy atom. The molecule has 0 aromatic carbocycles. The molecule has 16 heavy (non-hydrogen) atoms. The molecule has 1 rings (SSSR count). The zero-order valence-electron chi connectivity index (χ0n) is 11.0. The predicted octanol–water partition coefficient (Wildman–Crippen LogP) is 4.28. The Morgan fingerprint density at radius 1 is 1.06 bits per heavy atom. The van der Waals surface area contributed by atoms with Gasteiger partial charge >= 0.3 is 0 Å². The molecule has 1 heterocycles. The smallest absolute Gasteiger partial charge is 0.181 e. The molecule has 96 valence electrons. The van der Waals surface area contributed by atoms with Crippen LogP contribution in [0.1, 0.15) is 71.6 Å². The van der Waals surface area contributed by atoms with E-state index in [9.17, 15) is 0 Å². The molecule has 1 fully saturated rings. The fourth-order valence-corrected chi connectivity index (χ4v) is 2.03. The molecule has 0 radical (unpaired) electrons. The van der Waals surface area contributed by atoms with Gasteiger partial charge in [0.15, 0.2) is 6.29 Å². The SMILES string of the molecule is CCCCCCCCCC(CC)OC1CO1. The van der Waals surface area contributed by atoms with Crippen LogP contribution < -0.4 is 0 Å². The van der Waals surface area contributed by atoms with Gasteiger partial charge in [0.25, 0.3) is 0 Å². The molecular formula is C14H28O2. The van der Waals surface area contributed by atoms with Crippen LogP contribution in [0.25, 0.3) is 0 Å². The van der Waals surface area contributed by atoms with Crippen molar-refractivity contribution in [3.8, 4) is 0 Å². The lowest BCUT2D eigenvalue weighted by atomic mass is 10.1. The van der Waals surface area contributed by atoms with E-state index in [-0.39, 0.29) is 6.29 Å². The number of ether oxygens (including phenoxy) is 2. The normalized spacial score (nSPS) is 21.0. The van der Waals surface area contributed by atoms with Gasteiger partial charge in [-0.2, -0.15) is 0 Å². The van der Waals surface area contributed by atoms with E-state index >= 15 is 0 Å². The molecule has 2 heteroatoms. The van der Waals surface area contributed by atoms with Crippen LogP contribution in [0, 0.1) is 0 Å². The summed E-state index contributed by atoms with van der Waals surface area (Å²) < 4.78 is 10.8. The zero-order valence-corrected chi connectivity index (χ0v) is 11.0. The standard InChI is InChI=1S/C14H28O2/c1-3-5-6-7-8-9-10-11-13(4-2)16-14-12-15-14/h13-14H,3-12H2,1-2H3. The minimum Gasteiger partial charge on any atom is -0.347 e. The van der Waals surface area contributed by atoms with Crippen molar-refractivity contribution in [2.45, 2.75) is 84.0 Å². The van der Waals surface area contributed by atoms with Crippen molar-refractivity contribution < 1.29 is 9.47 Å². The third kappa shape index (κ3) is 7.24. The number of epoxide rings is 1. The van der Waals surface area contributed by atoms with Gasteiger partial charge in [0.1, 0.15) is 6.61 Å². The fraction of sp³-hybridized carbons (Fsp3) is 1.00. The van der Waals surface area contributed by atoms with Crippen LogP contribution in [0.5, 0.6) is 0 Å². The minimum absolute atomic E-state index is 0.134. The maximum atomic E-state index is 5.73. The summed E-state index contributed by atoms with van der Waals surface area (Å²) in [5, 5.41) is 0. The highest BCUT2D eigenvalue weighted by atomic mass is 16.8. The summed E-state index contributed by atoms with van der Waals surface area (Å²) >= 11 is 0. The van der Waals surface area contributed by atoms with Gasteiger partial charge in [-0.25, -0.2) is 0 Å². The van der Waals surface area contributed by atoms with E-state index in [1.807, 2.05) is 0 Å². The predicted molar refractivity (Wildman–Crippen MR) is 67.5 cm³/mol. The molecule has 0 saturated carbocycles. The zero-order chi connectivity index (χ0) is 11.6. The molecule has 0 aromatic rings. The van der Waals surface area contributed by atoms with Gasteiger partial charge in [0.05, 0.1) is 6.10 Å². The Hall–Kier alpha value is -0.0800. The molecule has 0 amide bonds. The topological polar surface area (TPSA) is 21.8 Å². The highest BCUT2D eigenvalue weighted by Crippen LogP contribution is 2.19. The van der Waals surface area contributed by atoms with Gasteiger partial charge in [-0.1, -0.05) is 58.8 Å². The monoisotopic (exact) mass is 228 g/mol. The first-order chi connectivity index (χ1) is 7.86. The fourth-order valence-electron chi connectivity index (χ4n) is 2.03. The summed E-state index contributed by atoms with van der Waals surface area (Å²) in [6, 6.07) is 0. The molecule has 0 aliphatic carbocycles. The first-order valence-corrected chi connectivity index (χ1v) is 7.13. The van der Waals surface area contributed by atoms with Gasteiger partial charge in [-0.05, 0) is 12.8 Å². The van der Waals surface area contributed by atoms with E-state index < -0.39 is 0 Å². The summed E-state index contributed by atoms with van der Waals surface area (Å²) in [6.45, 7) is 5.28. The van der Waals surface area contributed by atoms with Gasteiger partial charge in [-0.15, -0.1) is 0 Å². The third-order valence-electron chi connectivity index (χ3n) is 3.23. The second-order valence-electron chi connectivity index (χ2n) is 4.84. The molecule has 1 saturated heterocycles. The molecule has 0 bridgehead atoms. The van der Waals surface area contributed by atoms with E-state index in [1.54, 1.807) is 0 Å². The van der Waals surface area contributed by atoms with E-state index in [0.717, 1.165) is 13.0 Å². The van der Waals surface area contributed by atoms with Crippen LogP contribution in [0.4, 0.5) is 0 Å². The Kier molecular flexibility index (Phi) is 7.87. The van der Waals surface area contributed by atoms with Gasteiger partial charge in [0, 0.05) is 0 Å². The Bertz CT molecular complexity index is 155. The maximum Gasteiger partial charge on any atom is 0.181 e. The summed E-state index contributed by atoms with van der Waals surface area (Å²) in [6.07, 6.45) is 12.6. The molecule has 1 aliphatic rings. The molecule has 2 nitrogen and oxygen atoms in total. The van der Waals surface area contributed by atoms with Crippen molar-refractivity contribution >= 4 is 0 Å². The molecule has 1 aliphatic heterocycles. The Morgan fingerprint density at radius 3 is 2.25 bits per heavy atom. The highest BCUT2D eigenvalue weighted by molar-refractivity contribution is 4.63.